The molecule has 0 aliphatic carbocycles. The van der Waals surface area contributed by atoms with Crippen LogP contribution in [0.15, 0.2) is 0 Å². The molecule has 0 aromatic heterocycles. The number of hydrogen-bond acceptors (Lipinski definition) is 0. The zero-order valence-electron chi connectivity index (χ0n) is 7.49. The molecular formula is N11Nb3W3. The van der Waals surface area contributed by atoms with Crippen molar-refractivity contribution >= 4 is 0 Å². The van der Waals surface area contributed by atoms with E-state index in [0.717, 1.165) is 0 Å². The van der Waals surface area contributed by atoms with E-state index in [1.807, 2.05) is 0 Å². The summed E-state index contributed by atoms with van der Waals surface area (Å²) in [6, 6.07) is 0. The maximum Gasteiger partial charge on any atom is 6.00 e. The summed E-state index contributed by atoms with van der Waals surface area (Å²) in [5.41, 5.74) is 0. The van der Waals surface area contributed by atoms with Crippen molar-refractivity contribution in [2.45, 2.75) is 0 Å². The minimum Gasteiger partial charge on any atom is -3.00 e. The first-order chi connectivity index (χ1) is 0. The zero-order valence-corrected chi connectivity index (χ0v) is 22.9. The molecule has 0 bridgehead atoms. The van der Waals surface area contributed by atoms with E-state index in [1.165, 1.54) is 0 Å². The Morgan fingerprint density at radius 2 is 0.176 bits per heavy atom. The van der Waals surface area contributed by atoms with E-state index in [4.69, 9.17) is 0 Å². The molecule has 0 atom stereocenters. The molecule has 0 aromatic rings. The Bertz CT molecular complexity index is 21.9. The van der Waals surface area contributed by atoms with Gasteiger partial charge in [-0.1, -0.05) is 0 Å². The maximum absolute atomic E-state index is 0. The van der Waals surface area contributed by atoms with E-state index in [9.17, 15) is 0 Å². The van der Waals surface area contributed by atoms with Crippen molar-refractivity contribution in [3.05, 3.63) is 67.7 Å². The van der Waals surface area contributed by atoms with Gasteiger partial charge in [0.25, 0.3) is 0 Å². The molecule has 0 aromatic carbocycles. The summed E-state index contributed by atoms with van der Waals surface area (Å²) in [7, 11) is 0. The van der Waals surface area contributed by atoms with Gasteiger partial charge in [-0.2, -0.15) is 0 Å². The SMILES string of the molecule is [N-3].[N-3].[N-3].[N-3].[N-3].[N-3].[N-3].[N-3].[N-3].[N-3].[N-3].[Nb+5].[Nb+5].[Nb+5].[W+6].[W+6].[W+6]. The first-order valence-corrected chi connectivity index (χ1v) is 0. The van der Waals surface area contributed by atoms with E-state index >= 15 is 0 Å². The molecule has 0 radical (unpaired) electrons. The van der Waals surface area contributed by atoms with Crippen LogP contribution in [-0.2, 0) is 130 Å². The largest absolute Gasteiger partial charge is 6.00 e. The van der Waals surface area contributed by atoms with E-state index < -0.39 is 0 Å². The van der Waals surface area contributed by atoms with Gasteiger partial charge in [-0.05, 0) is 0 Å². The van der Waals surface area contributed by atoms with Gasteiger partial charge in [0.1, 0.15) is 0 Å². The van der Waals surface area contributed by atoms with Crippen molar-refractivity contribution in [1.29, 1.82) is 0 Å². The minimum atomic E-state index is 0. The monoisotopic (exact) mass is 985 g/mol. The summed E-state index contributed by atoms with van der Waals surface area (Å²) in [6.45, 7) is 0. The molecule has 0 amide bonds. The second-order valence-corrected chi connectivity index (χ2v) is 0. The molecule has 0 unspecified atom stereocenters. The van der Waals surface area contributed by atoms with Crippen LogP contribution in [0, 0.1) is 0 Å². The smallest absolute Gasteiger partial charge is 3.00 e. The molecule has 0 heterocycles. The molecule has 0 aliphatic heterocycles. The van der Waals surface area contributed by atoms with Crippen LogP contribution in [0.4, 0.5) is 0 Å². The predicted octanol–water partition coefficient (Wildman–Crippen LogP) is 3.16. The third kappa shape index (κ3) is 427. The van der Waals surface area contributed by atoms with Crippen LogP contribution in [0.5, 0.6) is 0 Å². The summed E-state index contributed by atoms with van der Waals surface area (Å²) in [5.74, 6) is 0. The van der Waals surface area contributed by atoms with Crippen LogP contribution >= 0.6 is 0 Å². The van der Waals surface area contributed by atoms with Crippen LogP contribution in [0.3, 0.4) is 0 Å². The number of rotatable bonds is 0. The van der Waals surface area contributed by atoms with Gasteiger partial charge in [0, 0.05) is 0 Å². The minimum absolute atomic E-state index is 0. The third-order valence-corrected chi connectivity index (χ3v) is 0. The van der Waals surface area contributed by atoms with Gasteiger partial charge in [0.2, 0.25) is 0 Å². The van der Waals surface area contributed by atoms with Gasteiger partial charge in [-0.3, -0.25) is 0 Å². The summed E-state index contributed by atoms with van der Waals surface area (Å²) < 4.78 is 0. The van der Waals surface area contributed by atoms with Crippen LogP contribution in [-0.4, -0.2) is 0 Å². The van der Waals surface area contributed by atoms with Gasteiger partial charge in [0.05, 0.1) is 0 Å². The molecule has 88 valence electrons. The molecule has 11 nitrogen and oxygen atoms in total. The van der Waals surface area contributed by atoms with Crippen molar-refractivity contribution < 1.29 is 130 Å². The predicted molar refractivity (Wildman–Crippen MR) is 36.9 cm³/mol. The second-order valence-electron chi connectivity index (χ2n) is 0. The Balaban J connectivity index is 0. The molecule has 0 spiro atoms. The first-order valence-electron chi connectivity index (χ1n) is 0. The Kier molecular flexibility index (Phi) is 15600. The Morgan fingerprint density at radius 1 is 0.176 bits per heavy atom. The number of nitrogens with zero attached hydrogens (tertiary/aromatic N) is 11. The van der Waals surface area contributed by atoms with Crippen LogP contribution in [0.25, 0.3) is 67.7 Å². The quantitative estimate of drug-likeness (QED) is 0.316. The Morgan fingerprint density at radius 3 is 0.176 bits per heavy atom. The third-order valence-electron chi connectivity index (χ3n) is 0. The van der Waals surface area contributed by atoms with Crippen LogP contribution in [0.1, 0.15) is 0 Å². The van der Waals surface area contributed by atoms with Crippen molar-refractivity contribution in [2.24, 2.45) is 0 Å². The molecule has 0 rings (SSSR count). The zero-order chi connectivity index (χ0) is 0. The van der Waals surface area contributed by atoms with E-state index in [2.05, 4.69) is 0 Å². The normalized spacial score (nSPS) is 0. The van der Waals surface area contributed by atoms with Crippen molar-refractivity contribution in [3.63, 3.8) is 0 Å². The molecule has 0 saturated heterocycles. The van der Waals surface area contributed by atoms with Gasteiger partial charge < -0.3 is 67.7 Å². The summed E-state index contributed by atoms with van der Waals surface area (Å²) >= 11 is 0. The fourth-order valence-corrected chi connectivity index (χ4v) is 0. The molecule has 0 saturated carbocycles. The standard InChI is InChI=1S/11N.3Nb.3W/q11*-3;3*+5;3*+6. The number of hydrogen-bond donors (Lipinski definition) is 0. The van der Waals surface area contributed by atoms with E-state index in [-0.39, 0.29) is 198 Å². The van der Waals surface area contributed by atoms with Crippen molar-refractivity contribution in [2.75, 3.05) is 0 Å². The maximum atomic E-state index is 0. The fraction of sp³-hybridized carbons (Fsp3) is 0. The van der Waals surface area contributed by atoms with Gasteiger partial charge in [-0.25, -0.2) is 0 Å². The topological polar surface area (TPSA) is 336 Å². The Hall–Kier alpha value is 3.85. The molecular weight excluding hydrogens is 984 g/mol. The van der Waals surface area contributed by atoms with Crippen molar-refractivity contribution in [3.8, 4) is 0 Å². The summed E-state index contributed by atoms with van der Waals surface area (Å²) in [4.78, 5) is 0. The molecule has 0 N–H and O–H groups in total. The summed E-state index contributed by atoms with van der Waals surface area (Å²) in [6.07, 6.45) is 0. The average molecular weight is 984 g/mol. The molecule has 0 fully saturated rings. The first kappa shape index (κ1) is 555. The van der Waals surface area contributed by atoms with Crippen LogP contribution in [0.2, 0.25) is 0 Å². The molecule has 0 aliphatic rings. The second kappa shape index (κ2) is 477. The van der Waals surface area contributed by atoms with E-state index in [0.29, 0.717) is 0 Å². The average Bonchev–Trinajstić information content (AvgIpc) is 0. The Labute approximate surface area is 195 Å². The fourth-order valence-electron chi connectivity index (χ4n) is 0. The van der Waals surface area contributed by atoms with Crippen molar-refractivity contribution in [1.82, 2.24) is 0 Å². The van der Waals surface area contributed by atoms with Gasteiger partial charge in [-0.15, -0.1) is 0 Å². The summed E-state index contributed by atoms with van der Waals surface area (Å²) in [5, 5.41) is 0. The van der Waals surface area contributed by atoms with Gasteiger partial charge in [0.15, 0.2) is 0 Å². The molecule has 17 heteroatoms. The van der Waals surface area contributed by atoms with Crippen LogP contribution < -0.4 is 0 Å². The molecule has 17 heavy (non-hydrogen) atoms. The van der Waals surface area contributed by atoms with Gasteiger partial charge >= 0.3 is 130 Å². The van der Waals surface area contributed by atoms with E-state index in [1.54, 1.807) is 0 Å².